The van der Waals surface area contributed by atoms with Crippen LogP contribution < -0.4 is 4.90 Å². The third kappa shape index (κ3) is 3.46. The molecule has 0 bridgehead atoms. The van der Waals surface area contributed by atoms with Crippen LogP contribution in [0.1, 0.15) is 16.8 Å². The first kappa shape index (κ1) is 15.0. The highest BCUT2D eigenvalue weighted by molar-refractivity contribution is 5.82. The standard InChI is InChI=1S/C17H17N5O/c1-13-3-2-4-14(9-13)11-21-7-8-22(12-16(21)23)17-19-6-5-15(10-18)20-17/h2-6,9H,7-8,11-12H2,1H3. The smallest absolute Gasteiger partial charge is 0.242 e. The number of nitrogens with zero attached hydrogens (tertiary/aromatic N) is 5. The van der Waals surface area contributed by atoms with E-state index in [0.717, 1.165) is 5.56 Å². The zero-order valence-electron chi connectivity index (χ0n) is 12.9. The van der Waals surface area contributed by atoms with Crippen LogP contribution in [0.5, 0.6) is 0 Å². The molecule has 0 N–H and O–H groups in total. The molecular weight excluding hydrogens is 290 g/mol. The molecule has 2 aromatic rings. The molecule has 6 nitrogen and oxygen atoms in total. The Kier molecular flexibility index (Phi) is 4.20. The normalized spacial score (nSPS) is 14.7. The number of anilines is 1. The Morgan fingerprint density at radius 3 is 2.91 bits per heavy atom. The maximum atomic E-state index is 12.4. The van der Waals surface area contributed by atoms with Crippen LogP contribution in [-0.4, -0.2) is 40.4 Å². The van der Waals surface area contributed by atoms with E-state index in [1.54, 1.807) is 12.3 Å². The molecule has 1 amide bonds. The van der Waals surface area contributed by atoms with Crippen LogP contribution in [0.25, 0.3) is 0 Å². The van der Waals surface area contributed by atoms with Crippen molar-refractivity contribution in [3.63, 3.8) is 0 Å². The minimum absolute atomic E-state index is 0.0451. The van der Waals surface area contributed by atoms with Crippen LogP contribution >= 0.6 is 0 Å². The molecule has 1 aromatic heterocycles. The molecule has 0 spiro atoms. The number of aromatic nitrogens is 2. The monoisotopic (exact) mass is 307 g/mol. The first-order chi connectivity index (χ1) is 11.2. The number of carbonyl (C=O) groups excluding carboxylic acids is 1. The summed E-state index contributed by atoms with van der Waals surface area (Å²) in [4.78, 5) is 24.4. The van der Waals surface area contributed by atoms with Gasteiger partial charge in [0.05, 0.1) is 0 Å². The van der Waals surface area contributed by atoms with Crippen molar-refractivity contribution in [3.8, 4) is 6.07 Å². The van der Waals surface area contributed by atoms with E-state index in [1.165, 1.54) is 5.56 Å². The second-order valence-corrected chi connectivity index (χ2v) is 5.58. The Balaban J connectivity index is 1.67. The van der Waals surface area contributed by atoms with Gasteiger partial charge in [-0.2, -0.15) is 5.26 Å². The topological polar surface area (TPSA) is 73.1 Å². The van der Waals surface area contributed by atoms with Gasteiger partial charge in [-0.25, -0.2) is 9.97 Å². The van der Waals surface area contributed by atoms with E-state index in [-0.39, 0.29) is 12.5 Å². The summed E-state index contributed by atoms with van der Waals surface area (Å²) in [6.07, 6.45) is 1.55. The third-order valence-corrected chi connectivity index (χ3v) is 3.81. The summed E-state index contributed by atoms with van der Waals surface area (Å²) >= 11 is 0. The van der Waals surface area contributed by atoms with Gasteiger partial charge in [-0.15, -0.1) is 0 Å². The average Bonchev–Trinajstić information content (AvgIpc) is 2.57. The quantitative estimate of drug-likeness (QED) is 0.859. The molecule has 0 aliphatic carbocycles. The van der Waals surface area contributed by atoms with Crippen LogP contribution in [0.2, 0.25) is 0 Å². The van der Waals surface area contributed by atoms with Crippen molar-refractivity contribution in [2.24, 2.45) is 0 Å². The molecule has 3 rings (SSSR count). The fraction of sp³-hybridized carbons (Fsp3) is 0.294. The van der Waals surface area contributed by atoms with E-state index in [9.17, 15) is 4.79 Å². The number of amides is 1. The highest BCUT2D eigenvalue weighted by Crippen LogP contribution is 2.15. The molecule has 6 heteroatoms. The molecule has 116 valence electrons. The summed E-state index contributed by atoms with van der Waals surface area (Å²) in [5.74, 6) is 0.483. The SMILES string of the molecule is Cc1cccc(CN2CCN(c3nccc(C#N)n3)CC2=O)c1. The second-order valence-electron chi connectivity index (χ2n) is 5.58. The Hall–Kier alpha value is -2.94. The predicted octanol–water partition coefficient (Wildman–Crippen LogP) is 1.51. The lowest BCUT2D eigenvalue weighted by Crippen LogP contribution is -2.50. The lowest BCUT2D eigenvalue weighted by atomic mass is 10.1. The van der Waals surface area contributed by atoms with Crippen molar-refractivity contribution in [2.75, 3.05) is 24.5 Å². The van der Waals surface area contributed by atoms with Crippen molar-refractivity contribution in [3.05, 3.63) is 53.3 Å². The summed E-state index contributed by atoms with van der Waals surface area (Å²) in [6.45, 7) is 4.18. The van der Waals surface area contributed by atoms with Gasteiger partial charge in [0.2, 0.25) is 11.9 Å². The van der Waals surface area contributed by atoms with Crippen LogP contribution in [0.4, 0.5) is 5.95 Å². The molecule has 0 atom stereocenters. The van der Waals surface area contributed by atoms with Gasteiger partial charge in [-0.3, -0.25) is 4.79 Å². The number of hydrogen-bond acceptors (Lipinski definition) is 5. The van der Waals surface area contributed by atoms with Gasteiger partial charge in [0.25, 0.3) is 0 Å². The second kappa shape index (κ2) is 6.44. The number of piperazine rings is 1. The van der Waals surface area contributed by atoms with Crippen LogP contribution in [0.15, 0.2) is 36.5 Å². The highest BCUT2D eigenvalue weighted by atomic mass is 16.2. The fourth-order valence-electron chi connectivity index (χ4n) is 2.64. The van der Waals surface area contributed by atoms with Gasteiger partial charge < -0.3 is 9.80 Å². The van der Waals surface area contributed by atoms with Crippen LogP contribution in [-0.2, 0) is 11.3 Å². The summed E-state index contributed by atoms with van der Waals surface area (Å²) in [7, 11) is 0. The Morgan fingerprint density at radius 2 is 2.17 bits per heavy atom. The molecule has 1 aliphatic rings. The fourth-order valence-corrected chi connectivity index (χ4v) is 2.64. The van der Waals surface area contributed by atoms with Crippen molar-refractivity contribution in [2.45, 2.75) is 13.5 Å². The maximum Gasteiger partial charge on any atom is 0.242 e. The van der Waals surface area contributed by atoms with Gasteiger partial charge in [0, 0.05) is 25.8 Å². The van der Waals surface area contributed by atoms with Crippen molar-refractivity contribution >= 4 is 11.9 Å². The molecule has 1 fully saturated rings. The van der Waals surface area contributed by atoms with Crippen molar-refractivity contribution in [1.29, 1.82) is 5.26 Å². The molecule has 1 aromatic carbocycles. The van der Waals surface area contributed by atoms with Crippen LogP contribution in [0, 0.1) is 18.3 Å². The minimum atomic E-state index is 0.0451. The van der Waals surface area contributed by atoms with E-state index in [2.05, 4.69) is 16.0 Å². The average molecular weight is 307 g/mol. The number of nitriles is 1. The number of benzene rings is 1. The molecule has 2 heterocycles. The zero-order chi connectivity index (χ0) is 16.2. The first-order valence-electron chi connectivity index (χ1n) is 7.47. The number of carbonyl (C=O) groups is 1. The van der Waals surface area contributed by atoms with Crippen molar-refractivity contribution < 1.29 is 4.79 Å². The van der Waals surface area contributed by atoms with Gasteiger partial charge in [-0.1, -0.05) is 29.8 Å². The first-order valence-corrected chi connectivity index (χ1v) is 7.47. The van der Waals surface area contributed by atoms with Gasteiger partial charge >= 0.3 is 0 Å². The van der Waals surface area contributed by atoms with E-state index in [0.29, 0.717) is 31.3 Å². The lowest BCUT2D eigenvalue weighted by Gasteiger charge is -2.34. The van der Waals surface area contributed by atoms with Gasteiger partial charge in [0.15, 0.2) is 0 Å². The largest absolute Gasteiger partial charge is 0.335 e. The summed E-state index contributed by atoms with van der Waals surface area (Å²) < 4.78 is 0. The summed E-state index contributed by atoms with van der Waals surface area (Å²) in [6, 6.07) is 11.7. The molecule has 0 unspecified atom stereocenters. The minimum Gasteiger partial charge on any atom is -0.335 e. The van der Waals surface area contributed by atoms with E-state index in [1.807, 2.05) is 41.0 Å². The Morgan fingerprint density at radius 1 is 1.30 bits per heavy atom. The Labute approximate surface area is 135 Å². The lowest BCUT2D eigenvalue weighted by molar-refractivity contribution is -0.131. The highest BCUT2D eigenvalue weighted by Gasteiger charge is 2.25. The van der Waals surface area contributed by atoms with Crippen LogP contribution in [0.3, 0.4) is 0 Å². The van der Waals surface area contributed by atoms with E-state index >= 15 is 0 Å². The van der Waals surface area contributed by atoms with E-state index < -0.39 is 0 Å². The van der Waals surface area contributed by atoms with E-state index in [4.69, 9.17) is 5.26 Å². The van der Waals surface area contributed by atoms with Gasteiger partial charge in [-0.05, 0) is 18.6 Å². The third-order valence-electron chi connectivity index (χ3n) is 3.81. The number of hydrogen-bond donors (Lipinski definition) is 0. The summed E-state index contributed by atoms with van der Waals surface area (Å²) in [5.41, 5.74) is 2.63. The Bertz CT molecular complexity index is 768. The molecular formula is C17H17N5O. The summed E-state index contributed by atoms with van der Waals surface area (Å²) in [5, 5.41) is 8.91. The number of rotatable bonds is 3. The van der Waals surface area contributed by atoms with Crippen molar-refractivity contribution in [1.82, 2.24) is 14.9 Å². The molecule has 0 saturated carbocycles. The molecule has 23 heavy (non-hydrogen) atoms. The van der Waals surface area contributed by atoms with Gasteiger partial charge in [0.1, 0.15) is 18.3 Å². The predicted molar refractivity (Wildman–Crippen MR) is 85.6 cm³/mol. The molecule has 1 aliphatic heterocycles. The maximum absolute atomic E-state index is 12.4. The molecule has 1 saturated heterocycles. The number of aryl methyl sites for hydroxylation is 1. The zero-order valence-corrected chi connectivity index (χ0v) is 12.9. The molecule has 0 radical (unpaired) electrons.